The topological polar surface area (TPSA) is 28.5 Å². The molecular formula is C20H16BrN3. The average Bonchev–Trinajstić information content (AvgIpc) is 3.09. The van der Waals surface area contributed by atoms with Crippen LogP contribution in [0, 0.1) is 0 Å². The maximum absolute atomic E-state index is 4.91. The smallest absolute Gasteiger partial charge is 0.100 e. The van der Waals surface area contributed by atoms with Gasteiger partial charge in [-0.3, -0.25) is 9.99 Å². The van der Waals surface area contributed by atoms with Crippen molar-refractivity contribution in [2.45, 2.75) is 12.5 Å². The van der Waals surface area contributed by atoms with E-state index in [0.29, 0.717) is 0 Å². The van der Waals surface area contributed by atoms with Crippen LogP contribution in [0.4, 0.5) is 5.69 Å². The quantitative estimate of drug-likeness (QED) is 0.627. The predicted molar refractivity (Wildman–Crippen MR) is 101 cm³/mol. The van der Waals surface area contributed by atoms with Crippen molar-refractivity contribution in [1.29, 1.82) is 0 Å². The summed E-state index contributed by atoms with van der Waals surface area (Å²) in [4.78, 5) is 4.56. The number of aromatic nitrogens is 1. The van der Waals surface area contributed by atoms with Crippen LogP contribution in [0.5, 0.6) is 0 Å². The van der Waals surface area contributed by atoms with Gasteiger partial charge in [0, 0.05) is 17.1 Å². The Balaban J connectivity index is 1.75. The number of hydrogen-bond donors (Lipinski definition) is 0. The first kappa shape index (κ1) is 15.1. The Hall–Kier alpha value is -2.46. The summed E-state index contributed by atoms with van der Waals surface area (Å²) in [6.45, 7) is 0. The van der Waals surface area contributed by atoms with Gasteiger partial charge in [-0.05, 0) is 42.0 Å². The van der Waals surface area contributed by atoms with Gasteiger partial charge >= 0.3 is 0 Å². The third kappa shape index (κ3) is 2.97. The molecule has 3 nitrogen and oxygen atoms in total. The van der Waals surface area contributed by atoms with Crippen molar-refractivity contribution in [3.05, 3.63) is 94.7 Å². The molecule has 0 fully saturated rings. The van der Waals surface area contributed by atoms with Crippen LogP contribution in [0.1, 0.15) is 23.7 Å². The molecule has 0 N–H and O–H groups in total. The molecule has 0 aliphatic carbocycles. The largest absolute Gasteiger partial charge is 0.259 e. The number of benzene rings is 2. The number of halogens is 1. The Labute approximate surface area is 149 Å². The lowest BCUT2D eigenvalue weighted by Gasteiger charge is -2.23. The third-order valence-corrected chi connectivity index (χ3v) is 4.67. The average molecular weight is 378 g/mol. The van der Waals surface area contributed by atoms with E-state index in [4.69, 9.17) is 5.10 Å². The molecule has 2 aromatic carbocycles. The minimum atomic E-state index is 0.114. The molecule has 0 spiro atoms. The molecule has 0 radical (unpaired) electrons. The summed E-state index contributed by atoms with van der Waals surface area (Å²) in [5, 5.41) is 6.99. The van der Waals surface area contributed by atoms with E-state index in [9.17, 15) is 0 Å². The van der Waals surface area contributed by atoms with E-state index < -0.39 is 0 Å². The highest BCUT2D eigenvalue weighted by Crippen LogP contribution is 2.36. The van der Waals surface area contributed by atoms with Crippen molar-refractivity contribution in [1.82, 2.24) is 4.98 Å². The number of anilines is 1. The molecule has 1 aromatic heterocycles. The molecule has 4 rings (SSSR count). The second-order valence-electron chi connectivity index (χ2n) is 5.71. The van der Waals surface area contributed by atoms with Crippen LogP contribution >= 0.6 is 15.9 Å². The molecule has 1 atom stereocenters. The SMILES string of the molecule is Brc1ccc(N2N=C(c3ccccc3)CC2c2ccccn2)cc1. The standard InChI is InChI=1S/C20H16BrN3/c21-16-9-11-17(12-10-16)24-20(18-8-4-5-13-22-18)14-19(23-24)15-6-2-1-3-7-15/h1-13,20H,14H2. The first-order valence-corrected chi connectivity index (χ1v) is 8.69. The van der Waals surface area contributed by atoms with Crippen LogP contribution < -0.4 is 5.01 Å². The van der Waals surface area contributed by atoms with E-state index in [0.717, 1.165) is 33.5 Å². The first-order chi connectivity index (χ1) is 11.8. The lowest BCUT2D eigenvalue weighted by molar-refractivity contribution is 0.686. The van der Waals surface area contributed by atoms with Gasteiger partial charge in [-0.1, -0.05) is 52.3 Å². The summed E-state index contributed by atoms with van der Waals surface area (Å²) >= 11 is 3.50. The Morgan fingerprint density at radius 2 is 1.62 bits per heavy atom. The first-order valence-electron chi connectivity index (χ1n) is 7.90. The number of hydrogen-bond acceptors (Lipinski definition) is 3. The maximum atomic E-state index is 4.91. The lowest BCUT2D eigenvalue weighted by atomic mass is 10.0. The highest BCUT2D eigenvalue weighted by atomic mass is 79.9. The van der Waals surface area contributed by atoms with Gasteiger partial charge in [0.05, 0.1) is 17.1 Å². The molecule has 24 heavy (non-hydrogen) atoms. The van der Waals surface area contributed by atoms with E-state index in [1.54, 1.807) is 0 Å². The zero-order valence-electron chi connectivity index (χ0n) is 13.0. The molecule has 4 heteroatoms. The summed E-state index contributed by atoms with van der Waals surface area (Å²) in [7, 11) is 0. The highest BCUT2D eigenvalue weighted by Gasteiger charge is 2.30. The van der Waals surface area contributed by atoms with Gasteiger partial charge in [-0.2, -0.15) is 5.10 Å². The normalized spacial score (nSPS) is 17.0. The van der Waals surface area contributed by atoms with Crippen LogP contribution in [0.3, 0.4) is 0 Å². The summed E-state index contributed by atoms with van der Waals surface area (Å²) < 4.78 is 1.06. The second kappa shape index (κ2) is 6.57. The molecule has 1 unspecified atom stereocenters. The minimum absolute atomic E-state index is 0.114. The van der Waals surface area contributed by atoms with Crippen molar-refractivity contribution in [2.24, 2.45) is 5.10 Å². The van der Waals surface area contributed by atoms with Crippen molar-refractivity contribution in [2.75, 3.05) is 5.01 Å². The minimum Gasteiger partial charge on any atom is -0.259 e. The van der Waals surface area contributed by atoms with Crippen molar-refractivity contribution in [3.8, 4) is 0 Å². The van der Waals surface area contributed by atoms with Gasteiger partial charge in [0.1, 0.15) is 6.04 Å². The van der Waals surface area contributed by atoms with Crippen molar-refractivity contribution >= 4 is 27.3 Å². The zero-order valence-corrected chi connectivity index (χ0v) is 14.6. The number of hydrazone groups is 1. The number of rotatable bonds is 3. The number of pyridine rings is 1. The monoisotopic (exact) mass is 377 g/mol. The van der Waals surface area contributed by atoms with Gasteiger partial charge in [-0.25, -0.2) is 0 Å². The molecule has 0 bridgehead atoms. The molecule has 0 saturated heterocycles. The van der Waals surface area contributed by atoms with Crippen LogP contribution in [-0.2, 0) is 0 Å². The van der Waals surface area contributed by atoms with Gasteiger partial charge in [0.2, 0.25) is 0 Å². The third-order valence-electron chi connectivity index (χ3n) is 4.14. The molecule has 0 amide bonds. The maximum Gasteiger partial charge on any atom is 0.100 e. The Morgan fingerprint density at radius 1 is 0.875 bits per heavy atom. The summed E-state index contributed by atoms with van der Waals surface area (Å²) in [5.41, 5.74) is 4.36. The highest BCUT2D eigenvalue weighted by molar-refractivity contribution is 9.10. The Morgan fingerprint density at radius 3 is 2.33 bits per heavy atom. The molecule has 118 valence electrons. The molecule has 1 aliphatic rings. The van der Waals surface area contributed by atoms with Gasteiger partial charge in [0.25, 0.3) is 0 Å². The summed E-state index contributed by atoms with van der Waals surface area (Å²) in [6, 6.07) is 24.8. The number of nitrogens with zero attached hydrogens (tertiary/aromatic N) is 3. The molecule has 1 aliphatic heterocycles. The molecule has 0 saturated carbocycles. The van der Waals surface area contributed by atoms with Crippen LogP contribution in [0.25, 0.3) is 0 Å². The van der Waals surface area contributed by atoms with E-state index >= 15 is 0 Å². The lowest BCUT2D eigenvalue weighted by Crippen LogP contribution is -2.19. The summed E-state index contributed by atoms with van der Waals surface area (Å²) in [6.07, 6.45) is 2.69. The molecule has 3 aromatic rings. The molecular weight excluding hydrogens is 362 g/mol. The van der Waals surface area contributed by atoms with Gasteiger partial charge in [0.15, 0.2) is 0 Å². The van der Waals surface area contributed by atoms with Crippen LogP contribution in [-0.4, -0.2) is 10.7 Å². The van der Waals surface area contributed by atoms with Gasteiger partial charge < -0.3 is 0 Å². The van der Waals surface area contributed by atoms with Crippen molar-refractivity contribution < 1.29 is 0 Å². The van der Waals surface area contributed by atoms with Crippen molar-refractivity contribution in [3.63, 3.8) is 0 Å². The fourth-order valence-electron chi connectivity index (χ4n) is 2.95. The zero-order chi connectivity index (χ0) is 16.4. The van der Waals surface area contributed by atoms with Crippen LogP contribution in [0.15, 0.2) is 88.6 Å². The molecule has 2 heterocycles. The predicted octanol–water partition coefficient (Wildman–Crippen LogP) is 5.20. The van der Waals surface area contributed by atoms with E-state index in [1.807, 2.05) is 36.5 Å². The summed E-state index contributed by atoms with van der Waals surface area (Å²) in [5.74, 6) is 0. The second-order valence-corrected chi connectivity index (χ2v) is 6.62. The fraction of sp³-hybridized carbons (Fsp3) is 0.100. The van der Waals surface area contributed by atoms with E-state index in [1.165, 1.54) is 0 Å². The Bertz CT molecular complexity index is 845. The van der Waals surface area contributed by atoms with Crippen LogP contribution in [0.2, 0.25) is 0 Å². The van der Waals surface area contributed by atoms with Gasteiger partial charge in [-0.15, -0.1) is 0 Å². The Kier molecular flexibility index (Phi) is 4.13. The van der Waals surface area contributed by atoms with E-state index in [-0.39, 0.29) is 6.04 Å². The fourth-order valence-corrected chi connectivity index (χ4v) is 3.22. The van der Waals surface area contributed by atoms with E-state index in [2.05, 4.69) is 68.4 Å².